The zero-order chi connectivity index (χ0) is 15.5. The summed E-state index contributed by atoms with van der Waals surface area (Å²) in [6.07, 6.45) is 0. The summed E-state index contributed by atoms with van der Waals surface area (Å²) in [7, 11) is 0. The molecule has 7 heteroatoms. The maximum Gasteiger partial charge on any atom is 0.316 e. The second kappa shape index (κ2) is 6.26. The minimum atomic E-state index is -0.486. The molecule has 0 N–H and O–H groups in total. The number of esters is 1. The molecule has 1 aromatic carbocycles. The van der Waals surface area contributed by atoms with E-state index in [1.165, 1.54) is 11.8 Å². The van der Waals surface area contributed by atoms with Gasteiger partial charge in [-0.3, -0.25) is 4.79 Å². The molecule has 0 radical (unpaired) electrons. The summed E-state index contributed by atoms with van der Waals surface area (Å²) in [6.45, 7) is 7.52. The van der Waals surface area contributed by atoms with E-state index in [1.54, 1.807) is 4.68 Å². The summed E-state index contributed by atoms with van der Waals surface area (Å²) in [5.41, 5.74) is 1.50. The Morgan fingerprint density at radius 1 is 1.38 bits per heavy atom. The van der Waals surface area contributed by atoms with Crippen LogP contribution in [0.4, 0.5) is 0 Å². The molecule has 0 fully saturated rings. The molecule has 0 aliphatic heterocycles. The first-order valence-corrected chi connectivity index (χ1v) is 7.54. The first kappa shape index (κ1) is 15.5. The molecule has 2 rings (SSSR count). The number of aryl methyl sites for hydroxylation is 1. The summed E-state index contributed by atoms with van der Waals surface area (Å²) in [5.74, 6) is -0.116. The van der Waals surface area contributed by atoms with Gasteiger partial charge in [0.2, 0.25) is 5.16 Å². The van der Waals surface area contributed by atoms with Gasteiger partial charge in [0.15, 0.2) is 0 Å². The van der Waals surface area contributed by atoms with E-state index in [2.05, 4.69) is 15.5 Å². The van der Waals surface area contributed by atoms with Crippen LogP contribution in [0.1, 0.15) is 26.3 Å². The lowest BCUT2D eigenvalue weighted by Crippen LogP contribution is -2.25. The van der Waals surface area contributed by atoms with Gasteiger partial charge in [0.1, 0.15) is 5.60 Å². The Labute approximate surface area is 127 Å². The number of nitrogens with zero attached hydrogens (tertiary/aromatic N) is 4. The van der Waals surface area contributed by atoms with Crippen LogP contribution >= 0.6 is 11.8 Å². The van der Waals surface area contributed by atoms with Crippen LogP contribution in [0.5, 0.6) is 0 Å². The average Bonchev–Trinajstić information content (AvgIpc) is 2.82. The van der Waals surface area contributed by atoms with E-state index in [0.717, 1.165) is 11.3 Å². The molecule has 0 amide bonds. The highest BCUT2D eigenvalue weighted by atomic mass is 32.2. The Morgan fingerprint density at radius 3 is 2.81 bits per heavy atom. The Bertz CT molecular complexity index is 634. The number of hydrogen-bond acceptors (Lipinski definition) is 6. The maximum atomic E-state index is 11.7. The van der Waals surface area contributed by atoms with Crippen molar-refractivity contribution in [2.24, 2.45) is 0 Å². The SMILES string of the molecule is Cc1cccc(-n2nnnc2SCC(=O)OC(C)(C)C)c1. The van der Waals surface area contributed by atoms with Crippen molar-refractivity contribution >= 4 is 17.7 Å². The average molecular weight is 306 g/mol. The molecule has 21 heavy (non-hydrogen) atoms. The number of carbonyl (C=O) groups is 1. The van der Waals surface area contributed by atoms with Gasteiger partial charge in [0.05, 0.1) is 11.4 Å². The van der Waals surface area contributed by atoms with Gasteiger partial charge in [-0.05, 0) is 55.8 Å². The van der Waals surface area contributed by atoms with Crippen LogP contribution in [0, 0.1) is 6.92 Å². The lowest BCUT2D eigenvalue weighted by molar-refractivity contribution is -0.151. The van der Waals surface area contributed by atoms with Gasteiger partial charge in [0.25, 0.3) is 0 Å². The highest BCUT2D eigenvalue weighted by Gasteiger charge is 2.18. The molecule has 112 valence electrons. The third-order valence-electron chi connectivity index (χ3n) is 2.43. The van der Waals surface area contributed by atoms with Crippen LogP contribution in [0.15, 0.2) is 29.4 Å². The van der Waals surface area contributed by atoms with Crippen LogP contribution < -0.4 is 0 Å². The first-order valence-electron chi connectivity index (χ1n) is 6.55. The monoisotopic (exact) mass is 306 g/mol. The number of tetrazole rings is 1. The molecule has 1 heterocycles. The highest BCUT2D eigenvalue weighted by molar-refractivity contribution is 7.99. The number of thioether (sulfide) groups is 1. The molecule has 0 aliphatic carbocycles. The summed E-state index contributed by atoms with van der Waals surface area (Å²) in [6, 6.07) is 7.84. The van der Waals surface area contributed by atoms with Gasteiger partial charge in [-0.15, -0.1) is 5.10 Å². The van der Waals surface area contributed by atoms with Gasteiger partial charge >= 0.3 is 5.97 Å². The van der Waals surface area contributed by atoms with Crippen molar-refractivity contribution < 1.29 is 9.53 Å². The van der Waals surface area contributed by atoms with E-state index in [1.807, 2.05) is 52.0 Å². The van der Waals surface area contributed by atoms with Crippen molar-refractivity contribution in [1.82, 2.24) is 20.2 Å². The molecular formula is C14H18N4O2S. The van der Waals surface area contributed by atoms with Gasteiger partial charge in [-0.25, -0.2) is 0 Å². The van der Waals surface area contributed by atoms with Crippen LogP contribution in [0.2, 0.25) is 0 Å². The molecule has 0 saturated heterocycles. The predicted molar refractivity (Wildman–Crippen MR) is 80.5 cm³/mol. The minimum Gasteiger partial charge on any atom is -0.459 e. The molecule has 6 nitrogen and oxygen atoms in total. The summed E-state index contributed by atoms with van der Waals surface area (Å²) in [4.78, 5) is 11.7. The summed E-state index contributed by atoms with van der Waals surface area (Å²) >= 11 is 1.26. The quantitative estimate of drug-likeness (QED) is 0.638. The Hall–Kier alpha value is -1.89. The van der Waals surface area contributed by atoms with E-state index in [0.29, 0.717) is 5.16 Å². The van der Waals surface area contributed by atoms with Gasteiger partial charge in [0, 0.05) is 0 Å². The minimum absolute atomic E-state index is 0.170. The number of rotatable bonds is 4. The predicted octanol–water partition coefficient (Wildman–Crippen LogP) is 2.40. The Balaban J connectivity index is 2.06. The fourth-order valence-electron chi connectivity index (χ4n) is 1.69. The van der Waals surface area contributed by atoms with Crippen LogP contribution in [-0.4, -0.2) is 37.5 Å². The van der Waals surface area contributed by atoms with Crippen molar-refractivity contribution in [3.05, 3.63) is 29.8 Å². The van der Waals surface area contributed by atoms with E-state index < -0.39 is 5.60 Å². The smallest absolute Gasteiger partial charge is 0.316 e. The Kier molecular flexibility index (Phi) is 4.62. The summed E-state index contributed by atoms with van der Waals surface area (Å²) < 4.78 is 6.88. The van der Waals surface area contributed by atoms with Crippen molar-refractivity contribution in [3.63, 3.8) is 0 Å². The second-order valence-electron chi connectivity index (χ2n) is 5.59. The lowest BCUT2D eigenvalue weighted by atomic mass is 10.2. The van der Waals surface area contributed by atoms with Gasteiger partial charge < -0.3 is 4.74 Å². The largest absolute Gasteiger partial charge is 0.459 e. The summed E-state index contributed by atoms with van der Waals surface area (Å²) in [5, 5.41) is 12.1. The number of carbonyl (C=O) groups excluding carboxylic acids is 1. The maximum absolute atomic E-state index is 11.7. The molecule has 0 unspecified atom stereocenters. The van der Waals surface area contributed by atoms with Gasteiger partial charge in [-0.2, -0.15) is 4.68 Å². The van der Waals surface area contributed by atoms with Crippen molar-refractivity contribution in [1.29, 1.82) is 0 Å². The van der Waals surface area contributed by atoms with Crippen LogP contribution in [0.25, 0.3) is 5.69 Å². The van der Waals surface area contributed by atoms with E-state index in [9.17, 15) is 4.79 Å². The first-order chi connectivity index (χ1) is 9.85. The number of aromatic nitrogens is 4. The highest BCUT2D eigenvalue weighted by Crippen LogP contribution is 2.19. The van der Waals surface area contributed by atoms with E-state index in [4.69, 9.17) is 4.74 Å². The van der Waals surface area contributed by atoms with Crippen LogP contribution in [-0.2, 0) is 9.53 Å². The normalized spacial score (nSPS) is 11.4. The number of benzene rings is 1. The van der Waals surface area contributed by atoms with Crippen molar-refractivity contribution in [3.8, 4) is 5.69 Å². The molecule has 0 atom stereocenters. The molecule has 0 saturated carbocycles. The zero-order valence-electron chi connectivity index (χ0n) is 12.5. The standard InChI is InChI=1S/C14H18N4O2S/c1-10-6-5-7-11(8-10)18-13(15-16-17-18)21-9-12(19)20-14(2,3)4/h5-8H,9H2,1-4H3. The number of hydrogen-bond donors (Lipinski definition) is 0. The number of ether oxygens (including phenoxy) is 1. The fourth-order valence-corrected chi connectivity index (χ4v) is 2.35. The topological polar surface area (TPSA) is 69.9 Å². The van der Waals surface area contributed by atoms with E-state index in [-0.39, 0.29) is 11.7 Å². The molecule has 1 aromatic heterocycles. The van der Waals surface area contributed by atoms with Gasteiger partial charge in [-0.1, -0.05) is 23.9 Å². The fraction of sp³-hybridized carbons (Fsp3) is 0.429. The molecule has 0 aliphatic rings. The van der Waals surface area contributed by atoms with Crippen molar-refractivity contribution in [2.75, 3.05) is 5.75 Å². The third kappa shape index (κ3) is 4.56. The van der Waals surface area contributed by atoms with Crippen molar-refractivity contribution in [2.45, 2.75) is 38.5 Å². The molecule has 0 bridgehead atoms. The lowest BCUT2D eigenvalue weighted by Gasteiger charge is -2.19. The molecular weight excluding hydrogens is 288 g/mol. The zero-order valence-corrected chi connectivity index (χ0v) is 13.3. The third-order valence-corrected chi connectivity index (χ3v) is 3.32. The second-order valence-corrected chi connectivity index (χ2v) is 6.53. The molecule has 0 spiro atoms. The van der Waals surface area contributed by atoms with Crippen LogP contribution in [0.3, 0.4) is 0 Å². The Morgan fingerprint density at radius 2 is 2.14 bits per heavy atom. The molecule has 2 aromatic rings. The van der Waals surface area contributed by atoms with E-state index >= 15 is 0 Å².